The summed E-state index contributed by atoms with van der Waals surface area (Å²) in [6.45, 7) is 0. The Morgan fingerprint density at radius 3 is 2.52 bits per heavy atom. The van der Waals surface area contributed by atoms with Crippen LogP contribution < -0.4 is 21.5 Å². The van der Waals surface area contributed by atoms with Crippen LogP contribution in [0.1, 0.15) is 16.2 Å². The van der Waals surface area contributed by atoms with Crippen molar-refractivity contribution in [3.05, 3.63) is 72.2 Å². The van der Waals surface area contributed by atoms with Crippen molar-refractivity contribution in [3.8, 4) is 6.07 Å². The molecule has 0 bridgehead atoms. The third-order valence-electron chi connectivity index (χ3n) is 3.57. The number of tetrazole rings is 1. The highest BCUT2D eigenvalue weighted by Crippen LogP contribution is 2.16. The summed E-state index contributed by atoms with van der Waals surface area (Å²) in [6, 6.07) is 16.7. The predicted octanol–water partition coefficient (Wildman–Crippen LogP) is 1.64. The second kappa shape index (κ2) is 9.28. The van der Waals surface area contributed by atoms with Gasteiger partial charge < -0.3 is 10.6 Å². The number of carbonyl (C=O) groups excluding carboxylic acids is 2. The minimum absolute atomic E-state index is 0.112. The highest BCUT2D eigenvalue weighted by atomic mass is 16.2. The number of H-pyrrole nitrogens is 1. The van der Waals surface area contributed by atoms with Gasteiger partial charge in [-0.25, -0.2) is 10.2 Å². The van der Waals surface area contributed by atoms with Crippen molar-refractivity contribution in [2.75, 3.05) is 10.6 Å². The Labute approximate surface area is 164 Å². The summed E-state index contributed by atoms with van der Waals surface area (Å²) in [5.41, 5.74) is 5.95. The lowest BCUT2D eigenvalue weighted by atomic mass is 10.1. The van der Waals surface area contributed by atoms with Gasteiger partial charge in [-0.05, 0) is 29.5 Å². The van der Waals surface area contributed by atoms with E-state index in [1.165, 1.54) is 6.20 Å². The third-order valence-corrected chi connectivity index (χ3v) is 3.57. The van der Waals surface area contributed by atoms with E-state index in [4.69, 9.17) is 0 Å². The molecule has 5 N–H and O–H groups in total. The number of rotatable bonds is 5. The van der Waals surface area contributed by atoms with E-state index in [0.717, 1.165) is 0 Å². The maximum atomic E-state index is 12.4. The van der Waals surface area contributed by atoms with Crippen LogP contribution in [-0.2, 0) is 0 Å². The van der Waals surface area contributed by atoms with Crippen LogP contribution in [-0.4, -0.2) is 32.6 Å². The molecule has 1 aromatic heterocycles. The Kier molecular flexibility index (Phi) is 6.10. The third kappa shape index (κ3) is 5.14. The maximum absolute atomic E-state index is 12.4. The molecule has 3 aromatic rings. The van der Waals surface area contributed by atoms with Crippen LogP contribution in [0.4, 0.5) is 16.2 Å². The highest BCUT2D eigenvalue weighted by molar-refractivity contribution is 6.01. The largest absolute Gasteiger partial charge is 0.360 e. The molecule has 0 radical (unpaired) electrons. The Hall–Kier alpha value is -4.72. The molecule has 29 heavy (non-hydrogen) atoms. The topological polar surface area (TPSA) is 161 Å². The number of anilines is 2. The molecule has 11 nitrogen and oxygen atoms in total. The Balaban J connectivity index is 1.64. The van der Waals surface area contributed by atoms with E-state index >= 15 is 0 Å². The van der Waals surface area contributed by atoms with Gasteiger partial charge >= 0.3 is 6.03 Å². The molecule has 0 fully saturated rings. The van der Waals surface area contributed by atoms with Crippen molar-refractivity contribution in [3.63, 3.8) is 0 Å². The average Bonchev–Trinajstić information content (AvgIpc) is 3.28. The molecule has 11 heteroatoms. The van der Waals surface area contributed by atoms with Gasteiger partial charge in [-0.15, -0.1) is 10.2 Å². The quantitative estimate of drug-likeness (QED) is 0.327. The smallest absolute Gasteiger partial charge is 0.337 e. The van der Waals surface area contributed by atoms with Crippen LogP contribution >= 0.6 is 0 Å². The lowest BCUT2D eigenvalue weighted by molar-refractivity contribution is 0.0939. The predicted molar refractivity (Wildman–Crippen MR) is 104 cm³/mol. The first-order chi connectivity index (χ1) is 14.2. The molecule has 3 amide bonds. The number of aromatic nitrogens is 4. The molecule has 1 heterocycles. The zero-order valence-electron chi connectivity index (χ0n) is 14.9. The summed E-state index contributed by atoms with van der Waals surface area (Å²) in [4.78, 5) is 24.3. The van der Waals surface area contributed by atoms with E-state index in [1.54, 1.807) is 48.5 Å². The zero-order chi connectivity index (χ0) is 20.5. The molecule has 0 unspecified atom stereocenters. The van der Waals surface area contributed by atoms with Gasteiger partial charge in [0.05, 0.1) is 11.3 Å². The SMILES string of the molecule is N#CC(=CNc1ccccc1C(=O)NNC(=O)Nc1ccccc1)c1nn[nH]n1. The molecule has 3 rings (SSSR count). The van der Waals surface area contributed by atoms with Gasteiger partial charge in [0.25, 0.3) is 5.91 Å². The Morgan fingerprint density at radius 2 is 1.79 bits per heavy atom. The summed E-state index contributed by atoms with van der Waals surface area (Å²) in [6.07, 6.45) is 1.35. The fraction of sp³-hybridized carbons (Fsp3) is 0. The molecule has 0 aliphatic heterocycles. The summed E-state index contributed by atoms with van der Waals surface area (Å²) in [7, 11) is 0. The first-order valence-corrected chi connectivity index (χ1v) is 8.29. The summed E-state index contributed by atoms with van der Waals surface area (Å²) >= 11 is 0. The van der Waals surface area contributed by atoms with Crippen molar-refractivity contribution >= 4 is 28.9 Å². The van der Waals surface area contributed by atoms with E-state index in [0.29, 0.717) is 11.4 Å². The number of nitriles is 1. The van der Waals surface area contributed by atoms with Crippen LogP contribution in [0.25, 0.3) is 5.57 Å². The molecular weight excluding hydrogens is 374 g/mol. The fourth-order valence-electron chi connectivity index (χ4n) is 2.24. The molecule has 144 valence electrons. The molecule has 2 aromatic carbocycles. The van der Waals surface area contributed by atoms with Gasteiger partial charge in [0, 0.05) is 11.9 Å². The van der Waals surface area contributed by atoms with E-state index in [9.17, 15) is 14.9 Å². The normalized spacial score (nSPS) is 10.5. The number of amides is 3. The second-order valence-corrected chi connectivity index (χ2v) is 5.49. The molecule has 0 atom stereocenters. The standard InChI is InChI=1S/C18H15N9O2/c19-10-12(16-22-26-27-23-16)11-20-15-9-5-4-8-14(15)17(28)24-25-18(29)21-13-6-2-1-3-7-13/h1-9,11,20H,(H,24,28)(H2,21,25,29)(H,22,23,26,27). The summed E-state index contributed by atoms with van der Waals surface area (Å²) < 4.78 is 0. The van der Waals surface area contributed by atoms with Gasteiger partial charge in [-0.1, -0.05) is 30.3 Å². The minimum atomic E-state index is -0.598. The first-order valence-electron chi connectivity index (χ1n) is 8.29. The number of para-hydroxylation sites is 2. The van der Waals surface area contributed by atoms with Crippen LogP contribution in [0.5, 0.6) is 0 Å². The van der Waals surface area contributed by atoms with Gasteiger partial charge in [0.2, 0.25) is 5.82 Å². The van der Waals surface area contributed by atoms with Crippen molar-refractivity contribution in [2.24, 2.45) is 0 Å². The van der Waals surface area contributed by atoms with E-state index in [2.05, 4.69) is 42.1 Å². The van der Waals surface area contributed by atoms with Crippen LogP contribution in [0.2, 0.25) is 0 Å². The summed E-state index contributed by atoms with van der Waals surface area (Å²) in [5, 5.41) is 27.8. The lowest BCUT2D eigenvalue weighted by Gasteiger charge is -2.11. The summed E-state index contributed by atoms with van der Waals surface area (Å²) in [5.74, 6) is -0.441. The molecule has 0 spiro atoms. The first kappa shape index (κ1) is 19.1. The Bertz CT molecular complexity index is 1060. The van der Waals surface area contributed by atoms with Crippen LogP contribution in [0.3, 0.4) is 0 Å². The van der Waals surface area contributed by atoms with Crippen LogP contribution in [0, 0.1) is 11.3 Å². The molecule has 0 aliphatic rings. The van der Waals surface area contributed by atoms with Gasteiger partial charge in [0.1, 0.15) is 11.6 Å². The number of nitrogens with zero attached hydrogens (tertiary/aromatic N) is 4. The zero-order valence-corrected chi connectivity index (χ0v) is 14.9. The highest BCUT2D eigenvalue weighted by Gasteiger charge is 2.12. The van der Waals surface area contributed by atoms with Gasteiger partial charge in [0.15, 0.2) is 0 Å². The van der Waals surface area contributed by atoms with Gasteiger partial charge in [-0.2, -0.15) is 10.5 Å². The number of hydrogen-bond acceptors (Lipinski definition) is 7. The van der Waals surface area contributed by atoms with E-state index in [1.807, 2.05) is 12.1 Å². The maximum Gasteiger partial charge on any atom is 0.337 e. The van der Waals surface area contributed by atoms with E-state index < -0.39 is 11.9 Å². The number of carbonyl (C=O) groups is 2. The van der Waals surface area contributed by atoms with Gasteiger partial charge in [-0.3, -0.25) is 10.2 Å². The minimum Gasteiger partial charge on any atom is -0.360 e. The number of nitrogens with one attached hydrogen (secondary N) is 5. The van der Waals surface area contributed by atoms with Crippen LogP contribution in [0.15, 0.2) is 60.8 Å². The molecule has 0 saturated carbocycles. The van der Waals surface area contributed by atoms with Crippen molar-refractivity contribution in [2.45, 2.75) is 0 Å². The molecule has 0 saturated heterocycles. The molecular formula is C18H15N9O2. The number of hydrazine groups is 1. The fourth-order valence-corrected chi connectivity index (χ4v) is 2.24. The average molecular weight is 389 g/mol. The lowest BCUT2D eigenvalue weighted by Crippen LogP contribution is -2.44. The van der Waals surface area contributed by atoms with Crippen molar-refractivity contribution in [1.29, 1.82) is 5.26 Å². The number of urea groups is 1. The van der Waals surface area contributed by atoms with E-state index in [-0.39, 0.29) is 17.0 Å². The number of aromatic amines is 1. The number of allylic oxidation sites excluding steroid dienone is 1. The second-order valence-electron chi connectivity index (χ2n) is 5.49. The Morgan fingerprint density at radius 1 is 1.03 bits per heavy atom. The molecule has 0 aliphatic carbocycles. The monoisotopic (exact) mass is 389 g/mol. The number of benzene rings is 2. The van der Waals surface area contributed by atoms with Crippen molar-refractivity contribution in [1.82, 2.24) is 31.5 Å². The number of hydrogen-bond donors (Lipinski definition) is 5. The van der Waals surface area contributed by atoms with Crippen molar-refractivity contribution < 1.29 is 9.59 Å².